The minimum absolute atomic E-state index is 0.289. The van der Waals surface area contributed by atoms with Crippen molar-refractivity contribution in [2.45, 2.75) is 32.8 Å². The van der Waals surface area contributed by atoms with Crippen molar-refractivity contribution < 1.29 is 9.53 Å². The second-order valence-electron chi connectivity index (χ2n) is 6.91. The second-order valence-corrected chi connectivity index (χ2v) is 7.31. The van der Waals surface area contributed by atoms with Crippen molar-refractivity contribution in [3.8, 4) is 5.69 Å². The fourth-order valence-corrected chi connectivity index (χ4v) is 2.78. The van der Waals surface area contributed by atoms with Gasteiger partial charge < -0.3 is 9.64 Å². The molecule has 1 amide bonds. The van der Waals surface area contributed by atoms with E-state index < -0.39 is 5.60 Å². The average molecular weight is 361 g/mol. The minimum atomic E-state index is -0.487. The van der Waals surface area contributed by atoms with E-state index >= 15 is 0 Å². The molecule has 2 heterocycles. The molecule has 1 aliphatic rings. The number of hydrogen-bond acceptors (Lipinski definition) is 4. The highest BCUT2D eigenvalue weighted by atomic mass is 35.5. The Morgan fingerprint density at radius 1 is 1.28 bits per heavy atom. The number of amides is 1. The lowest BCUT2D eigenvalue weighted by Gasteiger charge is -2.29. The van der Waals surface area contributed by atoms with E-state index in [0.29, 0.717) is 24.5 Å². The Bertz CT molecular complexity index is 807. The smallest absolute Gasteiger partial charge is 0.410 e. The van der Waals surface area contributed by atoms with E-state index in [4.69, 9.17) is 16.3 Å². The van der Waals surface area contributed by atoms with Crippen LogP contribution in [0.2, 0.25) is 5.02 Å². The number of carbonyl (C=O) groups excluding carboxylic acids is 1. The van der Waals surface area contributed by atoms with Crippen LogP contribution in [-0.4, -0.2) is 44.7 Å². The van der Waals surface area contributed by atoms with Gasteiger partial charge in [0, 0.05) is 13.1 Å². The van der Waals surface area contributed by atoms with Crippen LogP contribution in [-0.2, 0) is 4.74 Å². The van der Waals surface area contributed by atoms with Crippen molar-refractivity contribution in [2.24, 2.45) is 0 Å². The summed E-state index contributed by atoms with van der Waals surface area (Å²) in [6.45, 7) is 6.69. The molecule has 0 aliphatic carbocycles. The number of ether oxygens (including phenoxy) is 1. The molecule has 0 radical (unpaired) electrons. The summed E-state index contributed by atoms with van der Waals surface area (Å²) in [6, 6.07) is 7.48. The Balaban J connectivity index is 1.71. The Hall–Kier alpha value is -2.34. The van der Waals surface area contributed by atoms with Crippen molar-refractivity contribution in [3.63, 3.8) is 0 Å². The highest BCUT2D eigenvalue weighted by Crippen LogP contribution is 2.24. The zero-order valence-corrected chi connectivity index (χ0v) is 15.3. The molecule has 25 heavy (non-hydrogen) atoms. The summed E-state index contributed by atoms with van der Waals surface area (Å²) in [5.74, 6) is 0. The first kappa shape index (κ1) is 17.5. The molecule has 0 unspecified atom stereocenters. The normalized spacial score (nSPS) is 15.0. The number of rotatable bonds is 2. The number of para-hydroxylation sites is 1. The number of halogens is 1. The quantitative estimate of drug-likeness (QED) is 0.813. The van der Waals surface area contributed by atoms with E-state index in [0.717, 1.165) is 17.0 Å². The van der Waals surface area contributed by atoms with Crippen LogP contribution < -0.4 is 0 Å². The molecule has 0 fully saturated rings. The molecule has 1 aliphatic heterocycles. The zero-order chi connectivity index (χ0) is 18.0. The summed E-state index contributed by atoms with van der Waals surface area (Å²) < 4.78 is 7.07. The van der Waals surface area contributed by atoms with Crippen LogP contribution in [0.15, 0.2) is 36.5 Å². The van der Waals surface area contributed by atoms with E-state index in [9.17, 15) is 4.79 Å². The summed E-state index contributed by atoms with van der Waals surface area (Å²) in [7, 11) is 0. The van der Waals surface area contributed by atoms with Gasteiger partial charge in [-0.05, 0) is 44.9 Å². The third kappa shape index (κ3) is 4.20. The summed E-state index contributed by atoms with van der Waals surface area (Å²) in [4.78, 5) is 13.8. The molecule has 0 atom stereocenters. The molecule has 0 bridgehead atoms. The van der Waals surface area contributed by atoms with E-state index in [1.165, 1.54) is 0 Å². The van der Waals surface area contributed by atoms with Gasteiger partial charge in [0.1, 0.15) is 11.3 Å². The third-order valence-corrected chi connectivity index (χ3v) is 4.10. The van der Waals surface area contributed by atoms with E-state index in [1.807, 2.05) is 57.3 Å². The Morgan fingerprint density at radius 3 is 2.68 bits per heavy atom. The first-order valence-corrected chi connectivity index (χ1v) is 8.56. The van der Waals surface area contributed by atoms with Crippen LogP contribution in [0.1, 0.15) is 32.9 Å². The molecule has 132 valence electrons. The Kier molecular flexibility index (Phi) is 4.81. The summed E-state index contributed by atoms with van der Waals surface area (Å²) in [5, 5.41) is 9.02. The van der Waals surface area contributed by atoms with Crippen molar-refractivity contribution in [1.82, 2.24) is 19.9 Å². The van der Waals surface area contributed by atoms with Crippen molar-refractivity contribution in [2.75, 3.05) is 13.1 Å². The van der Waals surface area contributed by atoms with Crippen LogP contribution in [0, 0.1) is 0 Å². The second kappa shape index (κ2) is 6.88. The SMILES string of the molecule is CC(C)(C)OC(=O)N1CC=C(c2cn(-c3ccccc3Cl)nn2)CC1. The van der Waals surface area contributed by atoms with Crippen molar-refractivity contribution >= 4 is 23.3 Å². The van der Waals surface area contributed by atoms with Gasteiger partial charge in [-0.25, -0.2) is 9.48 Å². The largest absolute Gasteiger partial charge is 0.444 e. The fourth-order valence-electron chi connectivity index (χ4n) is 2.56. The number of aromatic nitrogens is 3. The van der Waals surface area contributed by atoms with Gasteiger partial charge in [0.25, 0.3) is 0 Å². The molecule has 7 heteroatoms. The van der Waals surface area contributed by atoms with E-state index in [-0.39, 0.29) is 6.09 Å². The number of benzene rings is 1. The average Bonchev–Trinajstić information content (AvgIpc) is 3.03. The van der Waals surface area contributed by atoms with Gasteiger partial charge in [-0.1, -0.05) is 35.0 Å². The van der Waals surface area contributed by atoms with Crippen LogP contribution in [0.25, 0.3) is 11.3 Å². The lowest BCUT2D eigenvalue weighted by molar-refractivity contribution is 0.0270. The molecule has 0 spiro atoms. The van der Waals surface area contributed by atoms with Gasteiger partial charge in [0.2, 0.25) is 0 Å². The molecular formula is C18H21ClN4O2. The maximum atomic E-state index is 12.1. The molecule has 3 rings (SSSR count). The van der Waals surface area contributed by atoms with Gasteiger partial charge in [0.05, 0.1) is 16.9 Å². The molecular weight excluding hydrogens is 340 g/mol. The highest BCUT2D eigenvalue weighted by Gasteiger charge is 2.24. The lowest BCUT2D eigenvalue weighted by atomic mass is 10.1. The van der Waals surface area contributed by atoms with Crippen LogP contribution in [0.5, 0.6) is 0 Å². The Morgan fingerprint density at radius 2 is 2.04 bits per heavy atom. The van der Waals surface area contributed by atoms with Gasteiger partial charge in [0.15, 0.2) is 0 Å². The standard InChI is InChI=1S/C18H21ClN4O2/c1-18(2,3)25-17(24)22-10-8-13(9-11-22)15-12-23(21-20-15)16-7-5-4-6-14(16)19/h4-8,12H,9-11H2,1-3H3. The molecule has 0 saturated heterocycles. The van der Waals surface area contributed by atoms with Gasteiger partial charge in [-0.15, -0.1) is 5.10 Å². The minimum Gasteiger partial charge on any atom is -0.444 e. The number of nitrogens with zero attached hydrogens (tertiary/aromatic N) is 4. The maximum absolute atomic E-state index is 12.1. The van der Waals surface area contributed by atoms with Crippen molar-refractivity contribution in [1.29, 1.82) is 0 Å². The van der Waals surface area contributed by atoms with E-state index in [1.54, 1.807) is 9.58 Å². The molecule has 0 saturated carbocycles. The molecule has 1 aromatic carbocycles. The van der Waals surface area contributed by atoms with Crippen LogP contribution in [0.3, 0.4) is 0 Å². The van der Waals surface area contributed by atoms with Crippen molar-refractivity contribution in [3.05, 3.63) is 47.3 Å². The van der Waals surface area contributed by atoms with Gasteiger partial charge in [-0.3, -0.25) is 0 Å². The summed E-state index contributed by atoms with van der Waals surface area (Å²) >= 11 is 6.20. The fraction of sp³-hybridized carbons (Fsp3) is 0.389. The first-order chi connectivity index (χ1) is 11.8. The number of hydrogen-bond donors (Lipinski definition) is 0. The summed E-state index contributed by atoms with van der Waals surface area (Å²) in [5.41, 5.74) is 2.16. The monoisotopic (exact) mass is 360 g/mol. The van der Waals surface area contributed by atoms with E-state index in [2.05, 4.69) is 10.3 Å². The van der Waals surface area contributed by atoms with Gasteiger partial charge in [-0.2, -0.15) is 0 Å². The molecule has 2 aromatic rings. The number of carbonyl (C=O) groups is 1. The molecule has 0 N–H and O–H groups in total. The zero-order valence-electron chi connectivity index (χ0n) is 14.6. The predicted octanol–water partition coefficient (Wildman–Crippen LogP) is 3.94. The highest BCUT2D eigenvalue weighted by molar-refractivity contribution is 6.32. The third-order valence-electron chi connectivity index (χ3n) is 3.78. The topological polar surface area (TPSA) is 60.2 Å². The summed E-state index contributed by atoms with van der Waals surface area (Å²) in [6.07, 6.45) is 4.27. The van der Waals surface area contributed by atoms with Gasteiger partial charge >= 0.3 is 6.09 Å². The van der Waals surface area contributed by atoms with Crippen LogP contribution >= 0.6 is 11.6 Å². The predicted molar refractivity (Wildman–Crippen MR) is 96.8 cm³/mol. The molecule has 1 aromatic heterocycles. The molecule has 6 nitrogen and oxygen atoms in total. The van der Waals surface area contributed by atoms with Crippen LogP contribution in [0.4, 0.5) is 4.79 Å². The Labute approximate surface area is 152 Å². The maximum Gasteiger partial charge on any atom is 0.410 e. The lowest BCUT2D eigenvalue weighted by Crippen LogP contribution is -2.39. The first-order valence-electron chi connectivity index (χ1n) is 8.18.